The van der Waals surface area contributed by atoms with Gasteiger partial charge >= 0.3 is 0 Å². The van der Waals surface area contributed by atoms with Crippen molar-refractivity contribution < 1.29 is 13.2 Å². The van der Waals surface area contributed by atoms with E-state index < -0.39 is 10.0 Å². The van der Waals surface area contributed by atoms with Gasteiger partial charge in [0.1, 0.15) is 0 Å². The number of hydrogen-bond donors (Lipinski definition) is 1. The van der Waals surface area contributed by atoms with Crippen LogP contribution in [0.5, 0.6) is 0 Å². The van der Waals surface area contributed by atoms with Gasteiger partial charge in [0.05, 0.1) is 17.5 Å². The number of nitrogens with one attached hydrogen (secondary N) is 1. The number of sulfonamides is 1. The Balaban J connectivity index is 1.93. The van der Waals surface area contributed by atoms with Crippen molar-refractivity contribution in [2.45, 2.75) is 72.9 Å². The smallest absolute Gasteiger partial charge is 0.244 e. The second kappa shape index (κ2) is 11.0. The van der Waals surface area contributed by atoms with Crippen LogP contribution in [0.2, 0.25) is 0 Å². The van der Waals surface area contributed by atoms with Crippen molar-refractivity contribution in [3.63, 3.8) is 0 Å². The van der Waals surface area contributed by atoms with Crippen molar-refractivity contribution in [3.8, 4) is 0 Å². The molecular formula is C30H38N2O3S. The van der Waals surface area contributed by atoms with Crippen molar-refractivity contribution >= 4 is 15.9 Å². The van der Waals surface area contributed by atoms with Crippen LogP contribution < -0.4 is 5.32 Å². The molecule has 192 valence electrons. The maximum Gasteiger partial charge on any atom is 0.244 e. The fraction of sp³-hybridized carbons (Fsp3) is 0.367. The lowest BCUT2D eigenvalue weighted by Crippen LogP contribution is -2.41. The lowest BCUT2D eigenvalue weighted by atomic mass is 9.96. The van der Waals surface area contributed by atoms with Gasteiger partial charge in [0.15, 0.2) is 0 Å². The van der Waals surface area contributed by atoms with Crippen LogP contribution in [0, 0.1) is 48.5 Å². The lowest BCUT2D eigenvalue weighted by molar-refractivity contribution is -0.122. The Bertz CT molecular complexity index is 1350. The Morgan fingerprint density at radius 2 is 1.33 bits per heavy atom. The van der Waals surface area contributed by atoms with Crippen molar-refractivity contribution in [3.05, 3.63) is 98.6 Å². The fourth-order valence-electron chi connectivity index (χ4n) is 4.80. The van der Waals surface area contributed by atoms with Gasteiger partial charge in [0.2, 0.25) is 15.9 Å². The number of nitrogens with zero attached hydrogens (tertiary/aromatic N) is 1. The average Bonchev–Trinajstić information content (AvgIpc) is 2.76. The first-order valence-corrected chi connectivity index (χ1v) is 13.7. The molecule has 1 amide bonds. The number of carbonyl (C=O) groups excluding carboxylic acids is 1. The second-order valence-corrected chi connectivity index (χ2v) is 11.9. The van der Waals surface area contributed by atoms with E-state index in [0.717, 1.165) is 33.4 Å². The minimum absolute atomic E-state index is 0.111. The third-order valence-electron chi connectivity index (χ3n) is 6.73. The Morgan fingerprint density at radius 1 is 0.778 bits per heavy atom. The van der Waals surface area contributed by atoms with Gasteiger partial charge in [-0.1, -0.05) is 59.7 Å². The van der Waals surface area contributed by atoms with Gasteiger partial charge in [0.25, 0.3) is 0 Å². The standard InChI is InChI=1S/C30H38N2O3S/c1-19-9-11-27(12-10-19)17-32(36(34,35)30-24(6)13-20(2)14-25(30)7)18-29(33)31-26(8)28-16-22(4)21(3)15-23(28)5/h9-16,26H,17-18H2,1-8H3,(H,31,33)/t26-/m1/s1. The van der Waals surface area contributed by atoms with Gasteiger partial charge in [-0.15, -0.1) is 0 Å². The minimum atomic E-state index is -3.93. The largest absolute Gasteiger partial charge is 0.348 e. The molecule has 3 rings (SSSR count). The average molecular weight is 507 g/mol. The molecule has 0 aromatic heterocycles. The maximum atomic E-state index is 13.9. The fourth-order valence-corrected chi connectivity index (χ4v) is 6.60. The molecule has 0 aliphatic heterocycles. The molecule has 6 heteroatoms. The molecule has 3 aromatic carbocycles. The van der Waals surface area contributed by atoms with Crippen LogP contribution in [0.3, 0.4) is 0 Å². The lowest BCUT2D eigenvalue weighted by Gasteiger charge is -2.25. The Kier molecular flexibility index (Phi) is 8.42. The van der Waals surface area contributed by atoms with Gasteiger partial charge in [0, 0.05) is 6.54 Å². The van der Waals surface area contributed by atoms with Crippen LogP contribution in [-0.4, -0.2) is 25.2 Å². The van der Waals surface area contributed by atoms with Crippen LogP contribution in [0.4, 0.5) is 0 Å². The minimum Gasteiger partial charge on any atom is -0.348 e. The molecule has 36 heavy (non-hydrogen) atoms. The van der Waals surface area contributed by atoms with Crippen molar-refractivity contribution in [1.82, 2.24) is 9.62 Å². The summed E-state index contributed by atoms with van der Waals surface area (Å²) < 4.78 is 29.1. The molecule has 0 fully saturated rings. The summed E-state index contributed by atoms with van der Waals surface area (Å²) in [4.78, 5) is 13.5. The predicted octanol–water partition coefficient (Wildman–Crippen LogP) is 5.91. The maximum absolute atomic E-state index is 13.9. The monoisotopic (exact) mass is 506 g/mol. The predicted molar refractivity (Wildman–Crippen MR) is 147 cm³/mol. The third-order valence-corrected chi connectivity index (χ3v) is 8.83. The Labute approximate surface area is 216 Å². The van der Waals surface area contributed by atoms with Gasteiger partial charge in [-0.05, 0) is 94.3 Å². The number of hydrogen-bond acceptors (Lipinski definition) is 3. The summed E-state index contributed by atoms with van der Waals surface area (Å²) in [6.07, 6.45) is 0. The van der Waals surface area contributed by atoms with Crippen LogP contribution in [0.1, 0.15) is 63.0 Å². The molecule has 3 aromatic rings. The van der Waals surface area contributed by atoms with E-state index in [2.05, 4.69) is 31.3 Å². The zero-order chi connectivity index (χ0) is 26.8. The molecule has 0 heterocycles. The second-order valence-electron chi connectivity index (χ2n) is 10.1. The highest BCUT2D eigenvalue weighted by atomic mass is 32.2. The molecule has 0 saturated heterocycles. The van der Waals surface area contributed by atoms with Gasteiger partial charge in [-0.25, -0.2) is 8.42 Å². The van der Waals surface area contributed by atoms with Crippen LogP contribution in [0.15, 0.2) is 53.4 Å². The molecule has 1 atom stereocenters. The molecule has 0 spiro atoms. The first-order valence-electron chi connectivity index (χ1n) is 12.3. The van der Waals surface area contributed by atoms with E-state index in [4.69, 9.17) is 0 Å². The summed E-state index contributed by atoms with van der Waals surface area (Å²) in [5.74, 6) is -0.335. The van der Waals surface area contributed by atoms with Crippen LogP contribution in [0.25, 0.3) is 0 Å². The molecule has 0 saturated carbocycles. The molecule has 0 unspecified atom stereocenters. The van der Waals surface area contributed by atoms with E-state index >= 15 is 0 Å². The number of rotatable bonds is 8. The number of aryl methyl sites for hydroxylation is 7. The highest BCUT2D eigenvalue weighted by Gasteiger charge is 2.30. The van der Waals surface area contributed by atoms with E-state index in [9.17, 15) is 13.2 Å². The SMILES string of the molecule is Cc1ccc(CN(CC(=O)N[C@H](C)c2cc(C)c(C)cc2C)S(=O)(=O)c2c(C)cc(C)cc2C)cc1. The van der Waals surface area contributed by atoms with Gasteiger partial charge in [-0.2, -0.15) is 4.31 Å². The third kappa shape index (κ3) is 6.23. The summed E-state index contributed by atoms with van der Waals surface area (Å²) in [7, 11) is -3.93. The molecule has 0 aliphatic carbocycles. The number of amides is 1. The summed E-state index contributed by atoms with van der Waals surface area (Å²) >= 11 is 0. The quantitative estimate of drug-likeness (QED) is 0.413. The van der Waals surface area contributed by atoms with E-state index in [-0.39, 0.29) is 29.9 Å². The van der Waals surface area contributed by atoms with Crippen LogP contribution >= 0.6 is 0 Å². The van der Waals surface area contributed by atoms with Gasteiger partial charge < -0.3 is 5.32 Å². The van der Waals surface area contributed by atoms with Crippen molar-refractivity contribution in [2.75, 3.05) is 6.54 Å². The van der Waals surface area contributed by atoms with E-state index in [1.165, 1.54) is 9.87 Å². The van der Waals surface area contributed by atoms with Crippen LogP contribution in [-0.2, 0) is 21.4 Å². The highest BCUT2D eigenvalue weighted by molar-refractivity contribution is 7.89. The molecule has 0 aliphatic rings. The summed E-state index contributed by atoms with van der Waals surface area (Å²) in [5, 5.41) is 3.03. The normalized spacial score (nSPS) is 12.6. The molecule has 5 nitrogen and oxygen atoms in total. The molecule has 0 radical (unpaired) electrons. The highest BCUT2D eigenvalue weighted by Crippen LogP contribution is 2.27. The zero-order valence-electron chi connectivity index (χ0n) is 22.7. The zero-order valence-corrected chi connectivity index (χ0v) is 23.5. The topological polar surface area (TPSA) is 66.5 Å². The van der Waals surface area contributed by atoms with E-state index in [1.54, 1.807) is 0 Å². The Hall–Kier alpha value is -2.96. The Morgan fingerprint density at radius 3 is 1.92 bits per heavy atom. The number of benzene rings is 3. The summed E-state index contributed by atoms with van der Waals surface area (Å²) in [6.45, 7) is 15.5. The first kappa shape index (κ1) is 27.6. The number of carbonyl (C=O) groups is 1. The molecular weight excluding hydrogens is 468 g/mol. The first-order chi connectivity index (χ1) is 16.8. The summed E-state index contributed by atoms with van der Waals surface area (Å²) in [6, 6.07) is 15.4. The van der Waals surface area contributed by atoms with Crippen molar-refractivity contribution in [1.29, 1.82) is 0 Å². The van der Waals surface area contributed by atoms with E-state index in [0.29, 0.717) is 11.1 Å². The molecule has 0 bridgehead atoms. The van der Waals surface area contributed by atoms with E-state index in [1.807, 2.05) is 77.9 Å². The summed E-state index contributed by atoms with van der Waals surface area (Å²) in [5.41, 5.74) is 8.78. The van der Waals surface area contributed by atoms with Crippen molar-refractivity contribution in [2.24, 2.45) is 0 Å². The molecule has 1 N–H and O–H groups in total. The van der Waals surface area contributed by atoms with Gasteiger partial charge in [-0.3, -0.25) is 4.79 Å².